The second-order valence-corrected chi connectivity index (χ2v) is 8.68. The number of carboxylic acid groups (broad SMARTS) is 2. The SMILES string of the molecule is O=C(O)c1cc2cc(Cl)ccc2nc1N[C@@H](Cc1ccc(Oc2ccc(Br)cn2)cc1)C(=O)O. The summed E-state index contributed by atoms with van der Waals surface area (Å²) < 4.78 is 6.51. The normalized spacial score (nSPS) is 11.7. The Balaban J connectivity index is 1.54. The predicted molar refractivity (Wildman–Crippen MR) is 131 cm³/mol. The van der Waals surface area contributed by atoms with E-state index in [1.54, 1.807) is 60.8 Å². The maximum absolute atomic E-state index is 11.9. The molecule has 34 heavy (non-hydrogen) atoms. The number of fused-ring (bicyclic) bond motifs is 1. The molecule has 172 valence electrons. The number of aromatic nitrogens is 2. The maximum Gasteiger partial charge on any atom is 0.339 e. The van der Waals surface area contributed by atoms with Gasteiger partial charge in [-0.05, 0) is 64.0 Å². The zero-order chi connectivity index (χ0) is 24.2. The first-order chi connectivity index (χ1) is 16.3. The summed E-state index contributed by atoms with van der Waals surface area (Å²) in [6.45, 7) is 0. The molecular weight excluding hydrogens is 526 g/mol. The number of halogens is 2. The summed E-state index contributed by atoms with van der Waals surface area (Å²) in [4.78, 5) is 32.2. The Morgan fingerprint density at radius 3 is 2.47 bits per heavy atom. The van der Waals surface area contributed by atoms with Gasteiger partial charge in [-0.25, -0.2) is 19.6 Å². The van der Waals surface area contributed by atoms with Gasteiger partial charge in [-0.2, -0.15) is 0 Å². The van der Waals surface area contributed by atoms with Crippen LogP contribution in [0, 0.1) is 0 Å². The van der Waals surface area contributed by atoms with Crippen molar-refractivity contribution < 1.29 is 24.5 Å². The first-order valence-corrected chi connectivity index (χ1v) is 11.2. The number of rotatable bonds is 8. The van der Waals surface area contributed by atoms with Crippen molar-refractivity contribution in [1.82, 2.24) is 9.97 Å². The number of aliphatic carboxylic acids is 1. The molecule has 0 amide bonds. The van der Waals surface area contributed by atoms with Crippen LogP contribution in [0.1, 0.15) is 15.9 Å². The van der Waals surface area contributed by atoms with Crippen molar-refractivity contribution in [2.75, 3.05) is 5.32 Å². The summed E-state index contributed by atoms with van der Waals surface area (Å²) in [6, 6.07) is 15.6. The van der Waals surface area contributed by atoms with Gasteiger partial charge < -0.3 is 20.3 Å². The Morgan fingerprint density at radius 2 is 1.82 bits per heavy atom. The molecule has 0 bridgehead atoms. The molecule has 4 rings (SSSR count). The van der Waals surface area contributed by atoms with Gasteiger partial charge in [0.25, 0.3) is 0 Å². The largest absolute Gasteiger partial charge is 0.480 e. The van der Waals surface area contributed by atoms with Gasteiger partial charge in [0.15, 0.2) is 0 Å². The van der Waals surface area contributed by atoms with Crippen molar-refractivity contribution in [2.24, 2.45) is 0 Å². The number of carbonyl (C=O) groups is 2. The highest BCUT2D eigenvalue weighted by Crippen LogP contribution is 2.25. The monoisotopic (exact) mass is 541 g/mol. The van der Waals surface area contributed by atoms with Gasteiger partial charge in [0.1, 0.15) is 23.2 Å². The molecule has 0 spiro atoms. The van der Waals surface area contributed by atoms with E-state index in [0.717, 1.165) is 4.47 Å². The van der Waals surface area contributed by atoms with Crippen molar-refractivity contribution in [3.8, 4) is 11.6 Å². The third kappa shape index (κ3) is 5.62. The lowest BCUT2D eigenvalue weighted by atomic mass is 10.0. The number of aromatic carboxylic acids is 1. The molecule has 0 saturated heterocycles. The van der Waals surface area contributed by atoms with Crippen molar-refractivity contribution in [3.63, 3.8) is 0 Å². The Kier molecular flexibility index (Phi) is 6.95. The highest BCUT2D eigenvalue weighted by Gasteiger charge is 2.22. The molecule has 0 radical (unpaired) electrons. The van der Waals surface area contributed by atoms with E-state index in [-0.39, 0.29) is 17.8 Å². The van der Waals surface area contributed by atoms with Crippen LogP contribution in [0.15, 0.2) is 71.3 Å². The average molecular weight is 543 g/mol. The number of anilines is 1. The lowest BCUT2D eigenvalue weighted by Gasteiger charge is -2.17. The molecular formula is C24H17BrClN3O5. The molecule has 0 unspecified atom stereocenters. The van der Waals surface area contributed by atoms with Gasteiger partial charge >= 0.3 is 11.9 Å². The van der Waals surface area contributed by atoms with E-state index < -0.39 is 18.0 Å². The van der Waals surface area contributed by atoms with Gasteiger partial charge in [0.05, 0.1) is 5.52 Å². The zero-order valence-electron chi connectivity index (χ0n) is 17.4. The van der Waals surface area contributed by atoms with Crippen LogP contribution in [-0.4, -0.2) is 38.2 Å². The van der Waals surface area contributed by atoms with E-state index >= 15 is 0 Å². The van der Waals surface area contributed by atoms with Gasteiger partial charge in [0.2, 0.25) is 5.88 Å². The highest BCUT2D eigenvalue weighted by atomic mass is 79.9. The Bertz CT molecular complexity index is 1360. The minimum Gasteiger partial charge on any atom is -0.480 e. The molecule has 8 nitrogen and oxygen atoms in total. The molecule has 0 aliphatic carbocycles. The molecule has 3 N–H and O–H groups in total. The Morgan fingerprint density at radius 1 is 1.06 bits per heavy atom. The van der Waals surface area contributed by atoms with Gasteiger partial charge in [0, 0.05) is 33.6 Å². The Hall–Kier alpha value is -3.69. The van der Waals surface area contributed by atoms with Crippen LogP contribution in [0.4, 0.5) is 5.82 Å². The zero-order valence-corrected chi connectivity index (χ0v) is 19.7. The second kappa shape index (κ2) is 10.1. The first-order valence-electron chi connectivity index (χ1n) is 10.00. The number of hydrogen-bond acceptors (Lipinski definition) is 6. The number of pyridine rings is 2. The quantitative estimate of drug-likeness (QED) is 0.261. The number of nitrogens with zero attached hydrogens (tertiary/aromatic N) is 2. The standard InChI is InChI=1S/C24H17BrClN3O5/c25-15-3-8-21(27-12-15)34-17-5-1-13(2-6-17)9-20(24(32)33)29-22-18(23(30)31)11-14-10-16(26)4-7-19(14)28-22/h1-8,10-12,20H,9H2,(H,28,29)(H,30,31)(H,32,33)/t20-/m0/s1. The first kappa shape index (κ1) is 23.5. The van der Waals surface area contributed by atoms with Crippen LogP contribution in [0.3, 0.4) is 0 Å². The van der Waals surface area contributed by atoms with Crippen molar-refractivity contribution in [2.45, 2.75) is 12.5 Å². The summed E-state index contributed by atoms with van der Waals surface area (Å²) in [6.07, 6.45) is 1.71. The third-order valence-corrected chi connectivity index (χ3v) is 5.61. The molecule has 4 aromatic rings. The number of hydrogen-bond donors (Lipinski definition) is 3. The summed E-state index contributed by atoms with van der Waals surface area (Å²) in [5, 5.41) is 23.1. The summed E-state index contributed by atoms with van der Waals surface area (Å²) in [5.41, 5.74) is 1.05. The van der Waals surface area contributed by atoms with Crippen molar-refractivity contribution in [1.29, 1.82) is 0 Å². The average Bonchev–Trinajstić information content (AvgIpc) is 2.80. The summed E-state index contributed by atoms with van der Waals surface area (Å²) in [5.74, 6) is -1.44. The van der Waals surface area contributed by atoms with Crippen LogP contribution in [-0.2, 0) is 11.2 Å². The molecule has 10 heteroatoms. The molecule has 0 saturated carbocycles. The van der Waals surface area contributed by atoms with Gasteiger partial charge in [-0.1, -0.05) is 23.7 Å². The van der Waals surface area contributed by atoms with Crippen LogP contribution in [0.25, 0.3) is 10.9 Å². The molecule has 1 atom stereocenters. The third-order valence-electron chi connectivity index (χ3n) is 4.90. The van der Waals surface area contributed by atoms with E-state index in [1.165, 1.54) is 6.07 Å². The van der Waals surface area contributed by atoms with Crippen molar-refractivity contribution in [3.05, 3.63) is 87.5 Å². The fourth-order valence-electron chi connectivity index (χ4n) is 3.26. The fourth-order valence-corrected chi connectivity index (χ4v) is 3.67. The molecule has 0 fully saturated rings. The topological polar surface area (TPSA) is 122 Å². The van der Waals surface area contributed by atoms with Gasteiger partial charge in [-0.15, -0.1) is 0 Å². The molecule has 2 aromatic carbocycles. The lowest BCUT2D eigenvalue weighted by molar-refractivity contribution is -0.137. The van der Waals surface area contributed by atoms with Crippen LogP contribution < -0.4 is 10.1 Å². The van der Waals surface area contributed by atoms with Crippen LogP contribution in [0.5, 0.6) is 11.6 Å². The number of benzene rings is 2. The summed E-state index contributed by atoms with van der Waals surface area (Å²) >= 11 is 9.30. The molecule has 0 aliphatic rings. The minimum atomic E-state index is -1.23. The van der Waals surface area contributed by atoms with Crippen LogP contribution >= 0.6 is 27.5 Å². The van der Waals surface area contributed by atoms with E-state index in [4.69, 9.17) is 16.3 Å². The van der Waals surface area contributed by atoms with E-state index in [0.29, 0.717) is 33.1 Å². The second-order valence-electron chi connectivity index (χ2n) is 7.33. The molecule has 0 aliphatic heterocycles. The van der Waals surface area contributed by atoms with E-state index in [2.05, 4.69) is 31.2 Å². The van der Waals surface area contributed by atoms with E-state index in [9.17, 15) is 19.8 Å². The number of nitrogens with one attached hydrogen (secondary N) is 1. The van der Waals surface area contributed by atoms with Crippen LogP contribution in [0.2, 0.25) is 5.02 Å². The minimum absolute atomic E-state index is 0.0315. The predicted octanol–water partition coefficient (Wildman–Crippen LogP) is 5.64. The van der Waals surface area contributed by atoms with Gasteiger partial charge in [-0.3, -0.25) is 0 Å². The highest BCUT2D eigenvalue weighted by molar-refractivity contribution is 9.10. The number of carboxylic acids is 2. The fraction of sp³-hybridized carbons (Fsp3) is 0.0833. The maximum atomic E-state index is 11.9. The lowest BCUT2D eigenvalue weighted by Crippen LogP contribution is -2.32. The van der Waals surface area contributed by atoms with Crippen molar-refractivity contribution >= 4 is 56.2 Å². The Labute approximate surface area is 207 Å². The number of ether oxygens (including phenoxy) is 1. The summed E-state index contributed by atoms with van der Waals surface area (Å²) in [7, 11) is 0. The molecule has 2 aromatic heterocycles. The molecule has 2 heterocycles. The van der Waals surface area contributed by atoms with E-state index in [1.807, 2.05) is 0 Å². The smallest absolute Gasteiger partial charge is 0.339 e.